The highest BCUT2D eigenvalue weighted by Gasteiger charge is 2.23. The van der Waals surface area contributed by atoms with Crippen molar-refractivity contribution in [2.45, 2.75) is 32.2 Å². The summed E-state index contributed by atoms with van der Waals surface area (Å²) < 4.78 is 5.43. The Morgan fingerprint density at radius 1 is 1.38 bits per heavy atom. The lowest BCUT2D eigenvalue weighted by Gasteiger charge is -2.22. The lowest BCUT2D eigenvalue weighted by atomic mass is 10.1. The Balaban J connectivity index is 1.81. The molecule has 0 spiro atoms. The van der Waals surface area contributed by atoms with E-state index in [4.69, 9.17) is 4.42 Å². The summed E-state index contributed by atoms with van der Waals surface area (Å²) >= 11 is 0. The molecule has 21 heavy (non-hydrogen) atoms. The van der Waals surface area contributed by atoms with Gasteiger partial charge in [-0.2, -0.15) is 0 Å². The predicted octanol–water partition coefficient (Wildman–Crippen LogP) is 2.10. The number of aryl methyl sites for hydroxylation is 1. The third-order valence-electron chi connectivity index (χ3n) is 4.43. The van der Waals surface area contributed by atoms with Crippen molar-refractivity contribution in [3.8, 4) is 0 Å². The van der Waals surface area contributed by atoms with Gasteiger partial charge in [0, 0.05) is 19.0 Å². The number of rotatable bonds is 4. The van der Waals surface area contributed by atoms with Gasteiger partial charge >= 0.3 is 5.63 Å². The summed E-state index contributed by atoms with van der Waals surface area (Å²) in [5.41, 5.74) is 0.836. The van der Waals surface area contributed by atoms with Crippen LogP contribution < -0.4 is 5.63 Å². The van der Waals surface area contributed by atoms with Crippen LogP contribution in [0.15, 0.2) is 33.5 Å². The molecule has 0 saturated carbocycles. The van der Waals surface area contributed by atoms with Gasteiger partial charge in [-0.25, -0.2) is 4.79 Å². The third-order valence-corrected chi connectivity index (χ3v) is 4.43. The van der Waals surface area contributed by atoms with Crippen LogP contribution in [-0.4, -0.2) is 35.7 Å². The smallest absolute Gasteiger partial charge is 0.343 e. The zero-order valence-corrected chi connectivity index (χ0v) is 12.3. The van der Waals surface area contributed by atoms with Crippen LogP contribution in [0.3, 0.4) is 0 Å². The number of nitrogens with zero attached hydrogens (tertiary/aromatic N) is 1. The van der Waals surface area contributed by atoms with Crippen molar-refractivity contribution < 1.29 is 9.52 Å². The second-order valence-electron chi connectivity index (χ2n) is 5.80. The van der Waals surface area contributed by atoms with Crippen molar-refractivity contribution in [1.82, 2.24) is 4.90 Å². The highest BCUT2D eigenvalue weighted by Crippen LogP contribution is 2.19. The van der Waals surface area contributed by atoms with Crippen LogP contribution in [0.5, 0.6) is 0 Å². The molecule has 1 fully saturated rings. The molecular weight excluding hydrogens is 266 g/mol. The van der Waals surface area contributed by atoms with Crippen molar-refractivity contribution >= 4 is 10.8 Å². The fourth-order valence-electron chi connectivity index (χ4n) is 3.19. The molecule has 3 rings (SSSR count). The molecule has 0 bridgehead atoms. The van der Waals surface area contributed by atoms with Crippen molar-refractivity contribution in [2.75, 3.05) is 19.7 Å². The summed E-state index contributed by atoms with van der Waals surface area (Å²) in [7, 11) is 0. The van der Waals surface area contributed by atoms with Crippen molar-refractivity contribution in [3.63, 3.8) is 0 Å². The van der Waals surface area contributed by atoms with E-state index in [1.165, 1.54) is 0 Å². The van der Waals surface area contributed by atoms with E-state index in [9.17, 15) is 9.90 Å². The average Bonchev–Trinajstić information content (AvgIpc) is 2.94. The number of likely N-dealkylation sites (tertiary alicyclic amines) is 1. The molecule has 1 saturated heterocycles. The van der Waals surface area contributed by atoms with E-state index in [1.807, 2.05) is 25.1 Å². The van der Waals surface area contributed by atoms with Crippen LogP contribution in [0.25, 0.3) is 10.8 Å². The van der Waals surface area contributed by atoms with Crippen molar-refractivity contribution in [2.24, 2.45) is 0 Å². The fraction of sp³-hybridized carbons (Fsp3) is 0.471. The molecule has 4 nitrogen and oxygen atoms in total. The molecular formula is C17H21NO3. The molecule has 0 aliphatic carbocycles. The topological polar surface area (TPSA) is 53.7 Å². The molecule has 1 aromatic heterocycles. The molecule has 1 atom stereocenters. The minimum Gasteiger partial charge on any atom is -0.427 e. The minimum absolute atomic E-state index is 0.209. The van der Waals surface area contributed by atoms with E-state index >= 15 is 0 Å². The second kappa shape index (κ2) is 6.00. The number of benzene rings is 1. The Kier molecular flexibility index (Phi) is 4.08. The number of aliphatic hydroxyl groups excluding tert-OH is 1. The molecule has 0 radical (unpaired) electrons. The van der Waals surface area contributed by atoms with E-state index in [1.54, 1.807) is 6.07 Å². The number of hydrogen-bond donors (Lipinski definition) is 1. The van der Waals surface area contributed by atoms with Gasteiger partial charge in [-0.1, -0.05) is 12.1 Å². The molecule has 1 aliphatic rings. The standard InChI is InChI=1S/C17H21NO3/c1-12-4-2-6-15-16(12)10-14(21-17(15)20)7-9-18-8-3-5-13(18)11-19/h2,4,6,10,13,19H,3,5,7-9,11H2,1H3/t13-/m1/s1. The van der Waals surface area contributed by atoms with E-state index in [0.717, 1.165) is 42.6 Å². The van der Waals surface area contributed by atoms with Gasteiger partial charge in [0.25, 0.3) is 0 Å². The Bertz CT molecular complexity index is 692. The summed E-state index contributed by atoms with van der Waals surface area (Å²) in [6.45, 7) is 4.06. The van der Waals surface area contributed by atoms with E-state index in [0.29, 0.717) is 11.8 Å². The first-order chi connectivity index (χ1) is 10.2. The average molecular weight is 287 g/mol. The summed E-state index contributed by atoms with van der Waals surface area (Å²) in [6.07, 6.45) is 2.89. The molecule has 112 valence electrons. The number of fused-ring (bicyclic) bond motifs is 1. The Morgan fingerprint density at radius 3 is 3.05 bits per heavy atom. The van der Waals surface area contributed by atoms with Gasteiger partial charge in [0.15, 0.2) is 0 Å². The van der Waals surface area contributed by atoms with Crippen LogP contribution >= 0.6 is 0 Å². The van der Waals surface area contributed by atoms with Gasteiger partial charge in [0.2, 0.25) is 0 Å². The number of aliphatic hydroxyl groups is 1. The maximum atomic E-state index is 12.0. The lowest BCUT2D eigenvalue weighted by Crippen LogP contribution is -2.33. The molecule has 2 heterocycles. The van der Waals surface area contributed by atoms with Gasteiger partial charge in [-0.05, 0) is 49.4 Å². The number of hydrogen-bond acceptors (Lipinski definition) is 4. The van der Waals surface area contributed by atoms with E-state index in [-0.39, 0.29) is 18.3 Å². The Morgan fingerprint density at radius 2 is 2.24 bits per heavy atom. The lowest BCUT2D eigenvalue weighted by molar-refractivity contribution is 0.158. The van der Waals surface area contributed by atoms with Crippen LogP contribution in [0.4, 0.5) is 0 Å². The SMILES string of the molecule is Cc1cccc2c(=O)oc(CCN3CCC[C@@H]3CO)cc12. The van der Waals surface area contributed by atoms with E-state index in [2.05, 4.69) is 4.90 Å². The first-order valence-corrected chi connectivity index (χ1v) is 7.56. The highest BCUT2D eigenvalue weighted by molar-refractivity contribution is 5.84. The largest absolute Gasteiger partial charge is 0.427 e. The molecule has 1 N–H and O–H groups in total. The van der Waals surface area contributed by atoms with Gasteiger partial charge in [-0.3, -0.25) is 4.90 Å². The quantitative estimate of drug-likeness (QED) is 0.935. The second-order valence-corrected chi connectivity index (χ2v) is 5.80. The zero-order valence-electron chi connectivity index (χ0n) is 12.3. The third kappa shape index (κ3) is 2.87. The molecule has 1 aromatic carbocycles. The summed E-state index contributed by atoms with van der Waals surface area (Å²) in [5, 5.41) is 11.0. The van der Waals surface area contributed by atoms with Gasteiger partial charge in [0.05, 0.1) is 12.0 Å². The van der Waals surface area contributed by atoms with Crippen molar-refractivity contribution in [3.05, 3.63) is 46.0 Å². The zero-order chi connectivity index (χ0) is 14.8. The van der Waals surface area contributed by atoms with Gasteiger partial charge in [-0.15, -0.1) is 0 Å². The molecule has 1 aliphatic heterocycles. The maximum Gasteiger partial charge on any atom is 0.343 e. The van der Waals surface area contributed by atoms with Crippen molar-refractivity contribution in [1.29, 1.82) is 0 Å². The van der Waals surface area contributed by atoms with Crippen LogP contribution in [0.1, 0.15) is 24.2 Å². The minimum atomic E-state index is -0.258. The first kappa shape index (κ1) is 14.3. The van der Waals surface area contributed by atoms with Gasteiger partial charge < -0.3 is 9.52 Å². The van der Waals surface area contributed by atoms with Crippen LogP contribution in [0.2, 0.25) is 0 Å². The van der Waals surface area contributed by atoms with Crippen LogP contribution in [0, 0.1) is 6.92 Å². The predicted molar refractivity (Wildman–Crippen MR) is 82.6 cm³/mol. The molecule has 4 heteroatoms. The molecule has 2 aromatic rings. The summed E-state index contributed by atoms with van der Waals surface area (Å²) in [5.74, 6) is 0.727. The highest BCUT2D eigenvalue weighted by atomic mass is 16.4. The normalized spacial score (nSPS) is 19.4. The monoisotopic (exact) mass is 287 g/mol. The molecule has 0 unspecified atom stereocenters. The van der Waals surface area contributed by atoms with Crippen LogP contribution in [-0.2, 0) is 6.42 Å². The maximum absolute atomic E-state index is 12.0. The fourth-order valence-corrected chi connectivity index (χ4v) is 3.19. The first-order valence-electron chi connectivity index (χ1n) is 7.56. The summed E-state index contributed by atoms with van der Waals surface area (Å²) in [6, 6.07) is 7.94. The Labute approximate surface area is 124 Å². The van der Waals surface area contributed by atoms with E-state index < -0.39 is 0 Å². The van der Waals surface area contributed by atoms with Gasteiger partial charge in [0.1, 0.15) is 5.76 Å². The summed E-state index contributed by atoms with van der Waals surface area (Å²) in [4.78, 5) is 14.3. The molecule has 0 amide bonds. The Hall–Kier alpha value is -1.65.